The summed E-state index contributed by atoms with van der Waals surface area (Å²) in [4.78, 5) is 22.2. The number of benzene rings is 1. The van der Waals surface area contributed by atoms with Gasteiger partial charge in [0.25, 0.3) is 5.91 Å². The first-order valence-corrected chi connectivity index (χ1v) is 4.63. The molecule has 0 heterocycles. The maximum absolute atomic E-state index is 11.5. The SMILES string of the molecule is O=C1CC(NC(=O)c2ccccc2)C1. The van der Waals surface area contributed by atoms with Crippen molar-refractivity contribution in [3.05, 3.63) is 35.9 Å². The Kier molecular flexibility index (Phi) is 2.31. The first-order chi connectivity index (χ1) is 6.75. The molecule has 2 rings (SSSR count). The molecule has 1 aliphatic carbocycles. The summed E-state index contributed by atoms with van der Waals surface area (Å²) < 4.78 is 0. The second kappa shape index (κ2) is 3.62. The molecule has 0 saturated heterocycles. The van der Waals surface area contributed by atoms with E-state index in [-0.39, 0.29) is 17.7 Å². The Hall–Kier alpha value is -1.64. The largest absolute Gasteiger partial charge is 0.348 e. The zero-order chi connectivity index (χ0) is 9.97. The smallest absolute Gasteiger partial charge is 0.251 e. The number of ketones is 1. The summed E-state index contributed by atoms with van der Waals surface area (Å²) in [5, 5.41) is 2.80. The highest BCUT2D eigenvalue weighted by molar-refractivity contribution is 5.96. The van der Waals surface area contributed by atoms with Gasteiger partial charge >= 0.3 is 0 Å². The molecule has 14 heavy (non-hydrogen) atoms. The first kappa shape index (κ1) is 8.94. The van der Waals surface area contributed by atoms with E-state index >= 15 is 0 Å². The molecular weight excluding hydrogens is 178 g/mol. The van der Waals surface area contributed by atoms with Crippen LogP contribution in [0.4, 0.5) is 0 Å². The second-order valence-electron chi connectivity index (χ2n) is 3.48. The van der Waals surface area contributed by atoms with E-state index in [0.29, 0.717) is 18.4 Å². The van der Waals surface area contributed by atoms with Crippen molar-refractivity contribution in [3.63, 3.8) is 0 Å². The fraction of sp³-hybridized carbons (Fsp3) is 0.273. The zero-order valence-electron chi connectivity index (χ0n) is 7.69. The van der Waals surface area contributed by atoms with E-state index in [1.54, 1.807) is 12.1 Å². The van der Waals surface area contributed by atoms with E-state index in [0.717, 1.165) is 0 Å². The lowest BCUT2D eigenvalue weighted by molar-refractivity contribution is -0.124. The van der Waals surface area contributed by atoms with Crippen LogP contribution in [0.5, 0.6) is 0 Å². The summed E-state index contributed by atoms with van der Waals surface area (Å²) >= 11 is 0. The summed E-state index contributed by atoms with van der Waals surface area (Å²) in [6, 6.07) is 9.08. The van der Waals surface area contributed by atoms with Crippen LogP contribution in [-0.2, 0) is 4.79 Å². The highest BCUT2D eigenvalue weighted by atomic mass is 16.2. The third-order valence-electron chi connectivity index (χ3n) is 2.32. The van der Waals surface area contributed by atoms with Gasteiger partial charge in [-0.25, -0.2) is 0 Å². The molecule has 0 spiro atoms. The van der Waals surface area contributed by atoms with Crippen LogP contribution in [0, 0.1) is 0 Å². The number of hydrogen-bond acceptors (Lipinski definition) is 2. The van der Waals surface area contributed by atoms with E-state index in [9.17, 15) is 9.59 Å². The number of Topliss-reactive ketones (excluding diaryl/α,β-unsaturated/α-hetero) is 1. The number of rotatable bonds is 2. The molecule has 1 fully saturated rings. The average Bonchev–Trinajstić information content (AvgIpc) is 2.17. The van der Waals surface area contributed by atoms with Crippen LogP contribution in [0.1, 0.15) is 23.2 Å². The number of hydrogen-bond donors (Lipinski definition) is 1. The van der Waals surface area contributed by atoms with Crippen molar-refractivity contribution in [2.45, 2.75) is 18.9 Å². The van der Waals surface area contributed by atoms with Gasteiger partial charge in [-0.15, -0.1) is 0 Å². The molecule has 0 bridgehead atoms. The highest BCUT2D eigenvalue weighted by Gasteiger charge is 2.27. The van der Waals surface area contributed by atoms with Gasteiger partial charge in [0.15, 0.2) is 0 Å². The predicted molar refractivity (Wildman–Crippen MR) is 51.9 cm³/mol. The topological polar surface area (TPSA) is 46.2 Å². The molecule has 0 atom stereocenters. The van der Waals surface area contributed by atoms with Gasteiger partial charge in [0.1, 0.15) is 5.78 Å². The molecule has 0 aromatic heterocycles. The molecule has 0 unspecified atom stereocenters. The van der Waals surface area contributed by atoms with Crippen LogP contribution >= 0.6 is 0 Å². The standard InChI is InChI=1S/C11H11NO2/c13-10-6-9(7-10)12-11(14)8-4-2-1-3-5-8/h1-5,9H,6-7H2,(H,12,14). The number of carbonyl (C=O) groups is 2. The van der Waals surface area contributed by atoms with Crippen LogP contribution in [0.2, 0.25) is 0 Å². The summed E-state index contributed by atoms with van der Waals surface area (Å²) in [5.74, 6) is 0.131. The maximum atomic E-state index is 11.5. The Morgan fingerprint density at radius 2 is 1.86 bits per heavy atom. The van der Waals surface area contributed by atoms with Gasteiger partial charge in [0.2, 0.25) is 0 Å². The second-order valence-corrected chi connectivity index (χ2v) is 3.48. The van der Waals surface area contributed by atoms with E-state index < -0.39 is 0 Å². The van der Waals surface area contributed by atoms with Crippen LogP contribution in [0.25, 0.3) is 0 Å². The van der Waals surface area contributed by atoms with Crippen molar-refractivity contribution >= 4 is 11.7 Å². The molecule has 0 aliphatic heterocycles. The highest BCUT2D eigenvalue weighted by Crippen LogP contribution is 2.14. The van der Waals surface area contributed by atoms with Crippen LogP contribution in [-0.4, -0.2) is 17.7 Å². The van der Waals surface area contributed by atoms with E-state index in [4.69, 9.17) is 0 Å². The molecular formula is C11H11NO2. The molecule has 72 valence electrons. The molecule has 0 radical (unpaired) electrons. The normalized spacial score (nSPS) is 16.1. The van der Waals surface area contributed by atoms with Crippen molar-refractivity contribution in [2.24, 2.45) is 0 Å². The third-order valence-corrected chi connectivity index (χ3v) is 2.32. The molecule has 1 N–H and O–H groups in total. The lowest BCUT2D eigenvalue weighted by Crippen LogP contribution is -2.44. The molecule has 1 aliphatic rings. The summed E-state index contributed by atoms with van der Waals surface area (Å²) in [6.45, 7) is 0. The van der Waals surface area contributed by atoms with Crippen molar-refractivity contribution < 1.29 is 9.59 Å². The molecule has 3 heteroatoms. The van der Waals surface area contributed by atoms with E-state index in [2.05, 4.69) is 5.32 Å². The fourth-order valence-electron chi connectivity index (χ4n) is 1.45. The van der Waals surface area contributed by atoms with Crippen molar-refractivity contribution in [2.75, 3.05) is 0 Å². The maximum Gasteiger partial charge on any atom is 0.251 e. The van der Waals surface area contributed by atoms with Crippen LogP contribution in [0.3, 0.4) is 0 Å². The van der Waals surface area contributed by atoms with Crippen molar-refractivity contribution in [3.8, 4) is 0 Å². The third kappa shape index (κ3) is 1.82. The number of amides is 1. The molecule has 1 aromatic rings. The van der Waals surface area contributed by atoms with Gasteiger partial charge in [-0.2, -0.15) is 0 Å². The van der Waals surface area contributed by atoms with Crippen LogP contribution < -0.4 is 5.32 Å². The Labute approximate surface area is 82.1 Å². The molecule has 1 amide bonds. The summed E-state index contributed by atoms with van der Waals surface area (Å²) in [6.07, 6.45) is 0.969. The Bertz CT molecular complexity index is 351. The lowest BCUT2D eigenvalue weighted by atomic mass is 9.91. The van der Waals surface area contributed by atoms with Gasteiger partial charge in [-0.05, 0) is 12.1 Å². The summed E-state index contributed by atoms with van der Waals surface area (Å²) in [7, 11) is 0. The monoisotopic (exact) mass is 189 g/mol. The minimum absolute atomic E-state index is 0.0511. The minimum atomic E-state index is -0.0944. The Balaban J connectivity index is 1.93. The number of nitrogens with one attached hydrogen (secondary N) is 1. The van der Waals surface area contributed by atoms with Gasteiger partial charge in [-0.1, -0.05) is 18.2 Å². The zero-order valence-corrected chi connectivity index (χ0v) is 7.69. The molecule has 3 nitrogen and oxygen atoms in total. The van der Waals surface area contributed by atoms with E-state index in [1.807, 2.05) is 18.2 Å². The van der Waals surface area contributed by atoms with Gasteiger partial charge in [0, 0.05) is 24.4 Å². The van der Waals surface area contributed by atoms with Crippen molar-refractivity contribution in [1.29, 1.82) is 0 Å². The van der Waals surface area contributed by atoms with Crippen molar-refractivity contribution in [1.82, 2.24) is 5.32 Å². The summed E-state index contributed by atoms with van der Waals surface area (Å²) in [5.41, 5.74) is 0.645. The van der Waals surface area contributed by atoms with Crippen LogP contribution in [0.15, 0.2) is 30.3 Å². The van der Waals surface area contributed by atoms with Gasteiger partial charge in [0.05, 0.1) is 0 Å². The quantitative estimate of drug-likeness (QED) is 0.758. The Morgan fingerprint density at radius 1 is 1.21 bits per heavy atom. The fourth-order valence-corrected chi connectivity index (χ4v) is 1.45. The molecule has 1 saturated carbocycles. The average molecular weight is 189 g/mol. The van der Waals surface area contributed by atoms with Gasteiger partial charge < -0.3 is 5.32 Å². The predicted octanol–water partition coefficient (Wildman–Crippen LogP) is 1.15. The minimum Gasteiger partial charge on any atom is -0.348 e. The van der Waals surface area contributed by atoms with Gasteiger partial charge in [-0.3, -0.25) is 9.59 Å². The van der Waals surface area contributed by atoms with E-state index in [1.165, 1.54) is 0 Å². The first-order valence-electron chi connectivity index (χ1n) is 4.63. The number of carbonyl (C=O) groups excluding carboxylic acids is 2. The Morgan fingerprint density at radius 3 is 2.43 bits per heavy atom. The molecule has 1 aromatic carbocycles. The lowest BCUT2D eigenvalue weighted by Gasteiger charge is -2.24.